The summed E-state index contributed by atoms with van der Waals surface area (Å²) in [6.07, 6.45) is 5.53. The fraction of sp³-hybridized carbons (Fsp3) is 0.769. The molecule has 0 radical (unpaired) electrons. The number of imide groups is 2. The zero-order valence-electron chi connectivity index (χ0n) is 10.8. The first-order chi connectivity index (χ1) is 8.60. The van der Waals surface area contributed by atoms with Crippen molar-refractivity contribution >= 4 is 17.8 Å². The Balaban J connectivity index is 1.88. The summed E-state index contributed by atoms with van der Waals surface area (Å²) in [5.41, 5.74) is 0. The lowest BCUT2D eigenvalue weighted by Crippen LogP contribution is -2.54. The highest BCUT2D eigenvalue weighted by Gasteiger charge is 2.33. The predicted molar refractivity (Wildman–Crippen MR) is 65.6 cm³/mol. The van der Waals surface area contributed by atoms with Gasteiger partial charge >= 0.3 is 6.03 Å². The number of hydrogen-bond donors (Lipinski definition) is 1. The van der Waals surface area contributed by atoms with Crippen LogP contribution in [0.4, 0.5) is 4.79 Å². The van der Waals surface area contributed by atoms with E-state index in [9.17, 15) is 14.4 Å². The maximum absolute atomic E-state index is 11.7. The van der Waals surface area contributed by atoms with Crippen LogP contribution in [-0.2, 0) is 9.59 Å². The van der Waals surface area contributed by atoms with Gasteiger partial charge in [0, 0.05) is 6.54 Å². The molecule has 0 unspecified atom stereocenters. The van der Waals surface area contributed by atoms with Crippen LogP contribution < -0.4 is 5.32 Å². The van der Waals surface area contributed by atoms with Crippen LogP contribution in [-0.4, -0.2) is 29.3 Å². The van der Waals surface area contributed by atoms with Crippen molar-refractivity contribution in [1.29, 1.82) is 0 Å². The van der Waals surface area contributed by atoms with Crippen LogP contribution in [0, 0.1) is 11.8 Å². The maximum Gasteiger partial charge on any atom is 0.330 e. The number of rotatable bonds is 3. The number of nitrogens with one attached hydrogen (secondary N) is 1. The molecule has 0 bridgehead atoms. The second kappa shape index (κ2) is 5.50. The maximum atomic E-state index is 11.7. The van der Waals surface area contributed by atoms with Crippen LogP contribution in [0.2, 0.25) is 0 Å². The van der Waals surface area contributed by atoms with Gasteiger partial charge in [-0.2, -0.15) is 0 Å². The SMILES string of the molecule is CCC1CCC(CN2C(=O)CC(=O)NC2=O)CC1. The molecule has 1 aliphatic heterocycles. The van der Waals surface area contributed by atoms with Crippen molar-refractivity contribution in [3.05, 3.63) is 0 Å². The van der Waals surface area contributed by atoms with E-state index in [1.165, 1.54) is 24.2 Å². The Morgan fingerprint density at radius 2 is 1.72 bits per heavy atom. The molecule has 4 amide bonds. The van der Waals surface area contributed by atoms with E-state index in [0.717, 1.165) is 18.8 Å². The van der Waals surface area contributed by atoms with Gasteiger partial charge in [0.15, 0.2) is 0 Å². The van der Waals surface area contributed by atoms with Crippen molar-refractivity contribution in [2.75, 3.05) is 6.54 Å². The zero-order chi connectivity index (χ0) is 13.1. The molecule has 0 spiro atoms. The van der Waals surface area contributed by atoms with Gasteiger partial charge in [0.2, 0.25) is 11.8 Å². The smallest absolute Gasteiger partial charge is 0.277 e. The third-order valence-electron chi connectivity index (χ3n) is 4.09. The Kier molecular flexibility index (Phi) is 3.99. The van der Waals surface area contributed by atoms with Crippen LogP contribution in [0.1, 0.15) is 45.4 Å². The summed E-state index contributed by atoms with van der Waals surface area (Å²) in [5.74, 6) is 0.349. The van der Waals surface area contributed by atoms with Crippen LogP contribution in [0.15, 0.2) is 0 Å². The molecule has 0 aromatic rings. The van der Waals surface area contributed by atoms with Gasteiger partial charge in [-0.3, -0.25) is 19.8 Å². The van der Waals surface area contributed by atoms with Crippen molar-refractivity contribution < 1.29 is 14.4 Å². The Labute approximate surface area is 107 Å². The van der Waals surface area contributed by atoms with Gasteiger partial charge in [-0.15, -0.1) is 0 Å². The molecule has 0 aromatic carbocycles. The lowest BCUT2D eigenvalue weighted by molar-refractivity contribution is -0.136. The standard InChI is InChI=1S/C13H20N2O3/c1-2-9-3-5-10(6-4-9)8-15-12(17)7-11(16)14-13(15)18/h9-10H,2-8H2,1H3,(H,14,16,18). The Morgan fingerprint density at radius 1 is 1.11 bits per heavy atom. The minimum atomic E-state index is -0.547. The molecule has 0 aromatic heterocycles. The summed E-state index contributed by atoms with van der Waals surface area (Å²) in [7, 11) is 0. The van der Waals surface area contributed by atoms with E-state index >= 15 is 0 Å². The van der Waals surface area contributed by atoms with Gasteiger partial charge in [0.1, 0.15) is 6.42 Å². The fourth-order valence-corrected chi connectivity index (χ4v) is 2.84. The van der Waals surface area contributed by atoms with E-state index in [0.29, 0.717) is 12.5 Å². The first-order valence-corrected chi connectivity index (χ1v) is 6.74. The summed E-state index contributed by atoms with van der Waals surface area (Å²) < 4.78 is 0. The van der Waals surface area contributed by atoms with Gasteiger partial charge in [-0.05, 0) is 24.7 Å². The van der Waals surface area contributed by atoms with E-state index in [-0.39, 0.29) is 12.3 Å². The molecular formula is C13H20N2O3. The minimum absolute atomic E-state index is 0.198. The molecule has 5 heteroatoms. The van der Waals surface area contributed by atoms with Gasteiger partial charge in [0.25, 0.3) is 0 Å². The summed E-state index contributed by atoms with van der Waals surface area (Å²) in [5, 5.41) is 2.20. The van der Waals surface area contributed by atoms with E-state index < -0.39 is 11.9 Å². The molecule has 2 aliphatic rings. The predicted octanol–water partition coefficient (Wildman–Crippen LogP) is 1.67. The molecule has 1 N–H and O–H groups in total. The molecule has 1 aliphatic carbocycles. The minimum Gasteiger partial charge on any atom is -0.277 e. The molecule has 2 rings (SSSR count). The average Bonchev–Trinajstić information content (AvgIpc) is 2.34. The quantitative estimate of drug-likeness (QED) is 0.777. The van der Waals surface area contributed by atoms with E-state index in [1.54, 1.807) is 0 Å². The molecule has 1 saturated carbocycles. The van der Waals surface area contributed by atoms with Crippen molar-refractivity contribution in [2.24, 2.45) is 11.8 Å². The topological polar surface area (TPSA) is 66.5 Å². The van der Waals surface area contributed by atoms with Crippen LogP contribution in [0.3, 0.4) is 0 Å². The summed E-state index contributed by atoms with van der Waals surface area (Å²) >= 11 is 0. The zero-order valence-corrected chi connectivity index (χ0v) is 10.8. The lowest BCUT2D eigenvalue weighted by atomic mass is 9.80. The van der Waals surface area contributed by atoms with Crippen molar-refractivity contribution in [3.63, 3.8) is 0 Å². The van der Waals surface area contributed by atoms with Gasteiger partial charge in [-0.25, -0.2) is 4.79 Å². The van der Waals surface area contributed by atoms with E-state index in [2.05, 4.69) is 12.2 Å². The fourth-order valence-electron chi connectivity index (χ4n) is 2.84. The first-order valence-electron chi connectivity index (χ1n) is 6.74. The molecule has 1 heterocycles. The number of nitrogens with zero attached hydrogens (tertiary/aromatic N) is 1. The van der Waals surface area contributed by atoms with Crippen molar-refractivity contribution in [1.82, 2.24) is 10.2 Å². The highest BCUT2D eigenvalue weighted by atomic mass is 16.2. The van der Waals surface area contributed by atoms with Gasteiger partial charge in [-0.1, -0.05) is 26.2 Å². The highest BCUT2D eigenvalue weighted by molar-refractivity contribution is 6.14. The summed E-state index contributed by atoms with van der Waals surface area (Å²) in [6.45, 7) is 2.67. The second-order valence-corrected chi connectivity index (χ2v) is 5.33. The van der Waals surface area contributed by atoms with Gasteiger partial charge < -0.3 is 0 Å². The monoisotopic (exact) mass is 252 g/mol. The van der Waals surface area contributed by atoms with E-state index in [4.69, 9.17) is 0 Å². The molecule has 1 saturated heterocycles. The Bertz CT molecular complexity index is 339. The first kappa shape index (κ1) is 13.1. The Hall–Kier alpha value is -1.39. The van der Waals surface area contributed by atoms with E-state index in [1.807, 2.05) is 0 Å². The normalized spacial score (nSPS) is 29.4. The molecular weight excluding hydrogens is 232 g/mol. The molecule has 100 valence electrons. The molecule has 2 fully saturated rings. The summed E-state index contributed by atoms with van der Waals surface area (Å²) in [4.78, 5) is 35.5. The largest absolute Gasteiger partial charge is 0.330 e. The van der Waals surface area contributed by atoms with Crippen molar-refractivity contribution in [3.8, 4) is 0 Å². The third-order valence-corrected chi connectivity index (χ3v) is 4.09. The number of urea groups is 1. The highest BCUT2D eigenvalue weighted by Crippen LogP contribution is 2.31. The molecule has 18 heavy (non-hydrogen) atoms. The number of hydrogen-bond acceptors (Lipinski definition) is 3. The molecule has 5 nitrogen and oxygen atoms in total. The second-order valence-electron chi connectivity index (χ2n) is 5.33. The average molecular weight is 252 g/mol. The third kappa shape index (κ3) is 2.89. The Morgan fingerprint density at radius 3 is 2.28 bits per heavy atom. The number of carbonyl (C=O) groups excluding carboxylic acids is 3. The van der Waals surface area contributed by atoms with Crippen LogP contribution in [0.25, 0.3) is 0 Å². The van der Waals surface area contributed by atoms with Gasteiger partial charge in [0.05, 0.1) is 0 Å². The molecule has 0 atom stereocenters. The lowest BCUT2D eigenvalue weighted by Gasteiger charge is -2.32. The number of barbiturate groups is 1. The van der Waals surface area contributed by atoms with Crippen LogP contribution >= 0.6 is 0 Å². The summed E-state index contributed by atoms with van der Waals surface area (Å²) in [6, 6.07) is -0.547. The number of amides is 4. The van der Waals surface area contributed by atoms with Crippen LogP contribution in [0.5, 0.6) is 0 Å². The number of carbonyl (C=O) groups is 3. The van der Waals surface area contributed by atoms with Crippen molar-refractivity contribution in [2.45, 2.75) is 45.4 Å².